The molecule has 6 heteroatoms. The Bertz CT molecular complexity index is 438. The number of rotatable bonds is 4. The summed E-state index contributed by atoms with van der Waals surface area (Å²) in [5, 5.41) is 10.0. The summed E-state index contributed by atoms with van der Waals surface area (Å²) in [7, 11) is 1.58. The van der Waals surface area contributed by atoms with Gasteiger partial charge in [-0.05, 0) is 52.4 Å². The van der Waals surface area contributed by atoms with Crippen LogP contribution in [0.4, 0.5) is 0 Å². The second-order valence-electron chi connectivity index (χ2n) is 5.85. The number of aromatic amines is 1. The normalized spacial score (nSPS) is 21.9. The molecule has 0 aromatic carbocycles. The Balaban J connectivity index is 2.23. The Hall–Kier alpha value is -1.11. The fourth-order valence-corrected chi connectivity index (χ4v) is 1.95. The van der Waals surface area contributed by atoms with Gasteiger partial charge in [-0.1, -0.05) is 0 Å². The molecule has 0 aliphatic carbocycles. The maximum absolute atomic E-state index is 6.06. The summed E-state index contributed by atoms with van der Waals surface area (Å²) in [5.74, 6) is 0. The zero-order valence-corrected chi connectivity index (χ0v) is 12.3. The van der Waals surface area contributed by atoms with Gasteiger partial charge in [-0.25, -0.2) is 0 Å². The van der Waals surface area contributed by atoms with Crippen LogP contribution in [0.1, 0.15) is 33.4 Å². The second kappa shape index (κ2) is 5.11. The Labute approximate surface area is 114 Å². The Morgan fingerprint density at radius 1 is 1.37 bits per heavy atom. The van der Waals surface area contributed by atoms with Crippen LogP contribution in [-0.2, 0) is 9.31 Å². The minimum absolute atomic E-state index is 0.321. The number of hydrogen-bond donors (Lipinski definition) is 2. The Kier molecular flexibility index (Phi) is 3.85. The van der Waals surface area contributed by atoms with E-state index in [1.165, 1.54) is 0 Å². The number of aromatic nitrogens is 2. The van der Waals surface area contributed by atoms with Crippen molar-refractivity contribution in [3.8, 4) is 0 Å². The minimum atomic E-state index is -0.333. The fourth-order valence-electron chi connectivity index (χ4n) is 1.95. The topological polar surface area (TPSA) is 59.2 Å². The maximum Gasteiger partial charge on any atom is 0.491 e. The third kappa shape index (κ3) is 2.91. The summed E-state index contributed by atoms with van der Waals surface area (Å²) in [5.41, 5.74) is 1.35. The summed E-state index contributed by atoms with van der Waals surface area (Å²) in [6, 6.07) is 1.92. The molecule has 19 heavy (non-hydrogen) atoms. The monoisotopic (exact) mass is 263 g/mol. The summed E-state index contributed by atoms with van der Waals surface area (Å²) in [6.07, 6.45) is 3.75. The first-order valence-corrected chi connectivity index (χ1v) is 6.56. The van der Waals surface area contributed by atoms with Gasteiger partial charge in [-0.2, -0.15) is 5.10 Å². The maximum atomic E-state index is 6.06. The molecule has 1 aromatic heterocycles. The average molecular weight is 263 g/mol. The fraction of sp³-hybridized carbons (Fsp3) is 0.615. The predicted molar refractivity (Wildman–Crippen MR) is 76.6 cm³/mol. The number of H-pyrrole nitrogens is 1. The highest BCUT2D eigenvalue weighted by atomic mass is 16.7. The third-order valence-corrected chi connectivity index (χ3v) is 3.80. The molecule has 0 saturated carbocycles. The van der Waals surface area contributed by atoms with Crippen LogP contribution < -0.4 is 5.32 Å². The van der Waals surface area contributed by atoms with Gasteiger partial charge in [0.1, 0.15) is 0 Å². The van der Waals surface area contributed by atoms with Crippen LogP contribution >= 0.6 is 0 Å². The average Bonchev–Trinajstić information content (AvgIpc) is 2.85. The molecule has 2 rings (SSSR count). The van der Waals surface area contributed by atoms with Crippen molar-refractivity contribution < 1.29 is 9.31 Å². The molecule has 1 aromatic rings. The molecule has 1 fully saturated rings. The van der Waals surface area contributed by atoms with Gasteiger partial charge in [0.25, 0.3) is 0 Å². The molecular formula is C13H22BN3O2. The van der Waals surface area contributed by atoms with E-state index >= 15 is 0 Å². The number of nitrogens with zero attached hydrogens (tertiary/aromatic N) is 1. The molecule has 0 bridgehead atoms. The Morgan fingerprint density at radius 2 is 2.00 bits per heavy atom. The van der Waals surface area contributed by atoms with Crippen molar-refractivity contribution in [1.29, 1.82) is 0 Å². The lowest BCUT2D eigenvalue weighted by molar-refractivity contribution is 0.00578. The van der Waals surface area contributed by atoms with Gasteiger partial charge in [0.05, 0.1) is 16.9 Å². The number of hydrogen-bond acceptors (Lipinski definition) is 4. The van der Waals surface area contributed by atoms with E-state index in [0.29, 0.717) is 6.54 Å². The smallest absolute Gasteiger partial charge is 0.400 e. The molecule has 2 N–H and O–H groups in total. The summed E-state index contributed by atoms with van der Waals surface area (Å²) in [6.45, 7) is 8.93. The Morgan fingerprint density at radius 3 is 2.47 bits per heavy atom. The van der Waals surface area contributed by atoms with E-state index < -0.39 is 0 Å². The van der Waals surface area contributed by atoms with Gasteiger partial charge in [0, 0.05) is 12.7 Å². The second-order valence-corrected chi connectivity index (χ2v) is 5.85. The molecule has 0 atom stereocenters. The third-order valence-electron chi connectivity index (χ3n) is 3.80. The van der Waals surface area contributed by atoms with Crippen molar-refractivity contribution in [2.24, 2.45) is 0 Å². The van der Waals surface area contributed by atoms with Crippen LogP contribution in [0.2, 0.25) is 0 Å². The van der Waals surface area contributed by atoms with Crippen LogP contribution in [-0.4, -0.2) is 42.1 Å². The van der Waals surface area contributed by atoms with Crippen molar-refractivity contribution in [2.75, 3.05) is 13.6 Å². The van der Waals surface area contributed by atoms with E-state index in [1.807, 2.05) is 19.2 Å². The van der Waals surface area contributed by atoms with E-state index in [0.717, 1.165) is 11.2 Å². The van der Waals surface area contributed by atoms with E-state index in [1.54, 1.807) is 6.20 Å². The first kappa shape index (κ1) is 14.3. The zero-order valence-electron chi connectivity index (χ0n) is 12.3. The van der Waals surface area contributed by atoms with Crippen molar-refractivity contribution in [1.82, 2.24) is 15.5 Å². The van der Waals surface area contributed by atoms with Crippen molar-refractivity contribution >= 4 is 13.2 Å². The van der Waals surface area contributed by atoms with Crippen molar-refractivity contribution in [3.63, 3.8) is 0 Å². The molecule has 1 saturated heterocycles. The first-order chi connectivity index (χ1) is 8.86. The van der Waals surface area contributed by atoms with Gasteiger partial charge in [0.15, 0.2) is 0 Å². The lowest BCUT2D eigenvalue weighted by atomic mass is 9.77. The first-order valence-electron chi connectivity index (χ1n) is 6.56. The standard InChI is InChI=1S/C13H22BN3O2/c1-12(2)13(3,4)19-14(18-12)10(9-15-5)8-11-6-7-16-17-11/h6-8,15H,9H2,1-5H3,(H,16,17). The lowest BCUT2D eigenvalue weighted by Crippen LogP contribution is -2.41. The number of likely N-dealkylation sites (N-methyl/N-ethyl adjacent to an activating group) is 1. The highest BCUT2D eigenvalue weighted by molar-refractivity contribution is 6.55. The van der Waals surface area contributed by atoms with Gasteiger partial charge >= 0.3 is 7.12 Å². The van der Waals surface area contributed by atoms with E-state index in [2.05, 4.69) is 43.2 Å². The lowest BCUT2D eigenvalue weighted by Gasteiger charge is -2.32. The van der Waals surface area contributed by atoms with E-state index in [4.69, 9.17) is 9.31 Å². The molecule has 1 aliphatic heterocycles. The molecule has 0 unspecified atom stereocenters. The molecule has 0 spiro atoms. The van der Waals surface area contributed by atoms with Gasteiger partial charge in [-0.3, -0.25) is 5.10 Å². The van der Waals surface area contributed by atoms with Crippen LogP contribution in [0.3, 0.4) is 0 Å². The molecule has 5 nitrogen and oxygen atoms in total. The predicted octanol–water partition coefficient (Wildman–Crippen LogP) is 1.64. The molecule has 0 radical (unpaired) electrons. The van der Waals surface area contributed by atoms with Crippen molar-refractivity contribution in [3.05, 3.63) is 23.4 Å². The highest BCUT2D eigenvalue weighted by Gasteiger charge is 2.52. The highest BCUT2D eigenvalue weighted by Crippen LogP contribution is 2.38. The summed E-state index contributed by atoms with van der Waals surface area (Å²) < 4.78 is 12.1. The minimum Gasteiger partial charge on any atom is -0.400 e. The van der Waals surface area contributed by atoms with Crippen LogP contribution in [0.5, 0.6) is 0 Å². The SMILES string of the molecule is CNCC(=Cc1ccn[nH]1)B1OC(C)(C)C(C)(C)O1. The molecule has 1 aliphatic rings. The van der Waals surface area contributed by atoms with E-state index in [-0.39, 0.29) is 18.3 Å². The quantitative estimate of drug-likeness (QED) is 0.811. The molecular weight excluding hydrogens is 241 g/mol. The molecule has 2 heterocycles. The zero-order chi connectivity index (χ0) is 14.1. The van der Waals surface area contributed by atoms with Crippen LogP contribution in [0.15, 0.2) is 17.7 Å². The van der Waals surface area contributed by atoms with Gasteiger partial charge < -0.3 is 14.6 Å². The summed E-state index contributed by atoms with van der Waals surface area (Å²) in [4.78, 5) is 0. The summed E-state index contributed by atoms with van der Waals surface area (Å²) >= 11 is 0. The number of nitrogens with one attached hydrogen (secondary N) is 2. The van der Waals surface area contributed by atoms with E-state index in [9.17, 15) is 0 Å². The van der Waals surface area contributed by atoms with Crippen LogP contribution in [0.25, 0.3) is 6.08 Å². The molecule has 0 amide bonds. The van der Waals surface area contributed by atoms with Gasteiger partial charge in [0.2, 0.25) is 0 Å². The largest absolute Gasteiger partial charge is 0.491 e. The van der Waals surface area contributed by atoms with Crippen molar-refractivity contribution in [2.45, 2.75) is 38.9 Å². The van der Waals surface area contributed by atoms with Crippen LogP contribution in [0, 0.1) is 0 Å². The van der Waals surface area contributed by atoms with Gasteiger partial charge in [-0.15, -0.1) is 0 Å². The molecule has 104 valence electrons.